The third kappa shape index (κ3) is 11.6. The molecule has 0 aliphatic rings. The molecule has 0 fully saturated rings. The molecule has 0 saturated heterocycles. The van der Waals surface area contributed by atoms with Crippen LogP contribution in [0.4, 0.5) is 0 Å². The van der Waals surface area contributed by atoms with Crippen molar-refractivity contribution in [1.29, 1.82) is 0 Å². The Bertz CT molecular complexity index is 501. The van der Waals surface area contributed by atoms with E-state index in [1.165, 1.54) is 77.1 Å². The number of rotatable bonds is 17. The maximum absolute atomic E-state index is 11.6. The van der Waals surface area contributed by atoms with Crippen LogP contribution in [0.25, 0.3) is 0 Å². The van der Waals surface area contributed by atoms with E-state index in [2.05, 4.69) is 6.92 Å². The molecule has 0 bridgehead atoms. The number of benzene rings is 1. The van der Waals surface area contributed by atoms with Crippen molar-refractivity contribution in [3.63, 3.8) is 0 Å². The van der Waals surface area contributed by atoms with Crippen LogP contribution in [-0.4, -0.2) is 31.2 Å². The summed E-state index contributed by atoms with van der Waals surface area (Å²) in [5.74, 6) is 2.67. The van der Waals surface area contributed by atoms with Gasteiger partial charge in [0, 0.05) is 5.75 Å². The molecule has 0 radical (unpaired) electrons. The van der Waals surface area contributed by atoms with Gasteiger partial charge in [-0.2, -0.15) is 11.8 Å². The molecule has 1 rings (SSSR count). The first-order valence-corrected chi connectivity index (χ1v) is 12.2. The van der Waals surface area contributed by atoms with Crippen LogP contribution in [0.1, 0.15) is 89.5 Å². The first kappa shape index (κ1) is 24.9. The van der Waals surface area contributed by atoms with Gasteiger partial charge in [-0.25, -0.2) is 0 Å². The van der Waals surface area contributed by atoms with E-state index >= 15 is 0 Å². The molecule has 0 amide bonds. The lowest BCUT2D eigenvalue weighted by molar-refractivity contribution is -0.141. The summed E-state index contributed by atoms with van der Waals surface area (Å²) in [7, 11) is 1.42. The van der Waals surface area contributed by atoms with E-state index in [-0.39, 0.29) is 11.9 Å². The van der Waals surface area contributed by atoms with Crippen molar-refractivity contribution in [2.45, 2.75) is 84.0 Å². The van der Waals surface area contributed by atoms with Gasteiger partial charge in [0.15, 0.2) is 0 Å². The molecule has 0 N–H and O–H groups in total. The number of thioether (sulfide) groups is 1. The SMILES string of the molecule is CCCCCCCCCCCCSCCOc1ccc(C(C)C(=O)OC)cc1. The number of hydrogen-bond donors (Lipinski definition) is 0. The van der Waals surface area contributed by atoms with Crippen LogP contribution in [0.3, 0.4) is 0 Å². The van der Waals surface area contributed by atoms with Crippen molar-refractivity contribution >= 4 is 17.7 Å². The van der Waals surface area contributed by atoms with E-state index in [0.29, 0.717) is 0 Å². The Kier molecular flexibility index (Phi) is 14.9. The van der Waals surface area contributed by atoms with Gasteiger partial charge in [-0.15, -0.1) is 0 Å². The second kappa shape index (κ2) is 16.8. The first-order chi connectivity index (χ1) is 13.7. The fourth-order valence-corrected chi connectivity index (χ4v) is 3.99. The highest BCUT2D eigenvalue weighted by Crippen LogP contribution is 2.20. The number of hydrogen-bond acceptors (Lipinski definition) is 4. The van der Waals surface area contributed by atoms with Crippen LogP contribution in [0.5, 0.6) is 5.75 Å². The van der Waals surface area contributed by atoms with Gasteiger partial charge < -0.3 is 9.47 Å². The topological polar surface area (TPSA) is 35.5 Å². The number of methoxy groups -OCH3 is 1. The van der Waals surface area contributed by atoms with Crippen molar-refractivity contribution in [3.8, 4) is 5.75 Å². The first-order valence-electron chi connectivity index (χ1n) is 11.1. The second-order valence-electron chi connectivity index (χ2n) is 7.46. The molecule has 1 aromatic rings. The highest BCUT2D eigenvalue weighted by molar-refractivity contribution is 7.99. The normalized spacial score (nSPS) is 12.0. The highest BCUT2D eigenvalue weighted by atomic mass is 32.2. The number of esters is 1. The van der Waals surface area contributed by atoms with Gasteiger partial charge in [0.05, 0.1) is 19.6 Å². The smallest absolute Gasteiger partial charge is 0.312 e. The summed E-state index contributed by atoms with van der Waals surface area (Å²) in [5.41, 5.74) is 0.953. The average molecular weight is 409 g/mol. The van der Waals surface area contributed by atoms with Crippen LogP contribution >= 0.6 is 11.8 Å². The van der Waals surface area contributed by atoms with Gasteiger partial charge in [-0.05, 0) is 36.8 Å². The highest BCUT2D eigenvalue weighted by Gasteiger charge is 2.15. The minimum absolute atomic E-state index is 0.211. The Labute approximate surface area is 177 Å². The Balaban J connectivity index is 1.95. The van der Waals surface area contributed by atoms with Gasteiger partial charge in [0.2, 0.25) is 0 Å². The molecular formula is C24H40O3S. The molecule has 28 heavy (non-hydrogen) atoms. The van der Waals surface area contributed by atoms with Gasteiger partial charge in [-0.3, -0.25) is 4.79 Å². The third-order valence-electron chi connectivity index (χ3n) is 5.07. The Morgan fingerprint density at radius 1 is 0.893 bits per heavy atom. The van der Waals surface area contributed by atoms with E-state index in [4.69, 9.17) is 9.47 Å². The standard InChI is InChI=1S/C24H40O3S/c1-4-5-6-7-8-9-10-11-12-13-19-28-20-18-27-23-16-14-22(15-17-23)21(2)24(25)26-3/h14-17,21H,4-13,18-20H2,1-3H3. The van der Waals surface area contributed by atoms with Gasteiger partial charge in [0.1, 0.15) is 5.75 Å². The molecular weight excluding hydrogens is 368 g/mol. The van der Waals surface area contributed by atoms with Crippen molar-refractivity contribution in [2.75, 3.05) is 25.2 Å². The van der Waals surface area contributed by atoms with Gasteiger partial charge in [-0.1, -0.05) is 76.8 Å². The second-order valence-corrected chi connectivity index (χ2v) is 8.68. The third-order valence-corrected chi connectivity index (χ3v) is 6.11. The molecule has 1 unspecified atom stereocenters. The predicted octanol–water partition coefficient (Wildman–Crippen LogP) is 7.00. The van der Waals surface area contributed by atoms with E-state index in [1.807, 2.05) is 43.0 Å². The van der Waals surface area contributed by atoms with Crippen LogP contribution in [0, 0.1) is 0 Å². The van der Waals surface area contributed by atoms with Crippen LogP contribution < -0.4 is 4.74 Å². The van der Waals surface area contributed by atoms with E-state index in [9.17, 15) is 4.79 Å². The number of ether oxygens (including phenoxy) is 2. The summed E-state index contributed by atoms with van der Waals surface area (Å²) >= 11 is 1.98. The summed E-state index contributed by atoms with van der Waals surface area (Å²) in [4.78, 5) is 11.6. The average Bonchev–Trinajstić information content (AvgIpc) is 2.73. The minimum Gasteiger partial charge on any atom is -0.493 e. The van der Waals surface area contributed by atoms with Crippen LogP contribution in [-0.2, 0) is 9.53 Å². The van der Waals surface area contributed by atoms with Crippen LogP contribution in [0.15, 0.2) is 24.3 Å². The predicted molar refractivity (Wildman–Crippen MR) is 122 cm³/mol. The van der Waals surface area contributed by atoms with E-state index < -0.39 is 0 Å². The van der Waals surface area contributed by atoms with Crippen molar-refractivity contribution in [1.82, 2.24) is 0 Å². The fraction of sp³-hybridized carbons (Fsp3) is 0.708. The zero-order valence-corrected chi connectivity index (χ0v) is 19.0. The maximum atomic E-state index is 11.6. The molecule has 0 spiro atoms. The number of carbonyl (C=O) groups is 1. The Morgan fingerprint density at radius 2 is 1.46 bits per heavy atom. The van der Waals surface area contributed by atoms with Crippen LogP contribution in [0.2, 0.25) is 0 Å². The van der Waals surface area contributed by atoms with Gasteiger partial charge >= 0.3 is 5.97 Å². The summed E-state index contributed by atoms with van der Waals surface area (Å²) in [6, 6.07) is 7.74. The zero-order valence-electron chi connectivity index (χ0n) is 18.2. The van der Waals surface area contributed by atoms with Crippen molar-refractivity contribution in [2.24, 2.45) is 0 Å². The molecule has 3 nitrogen and oxygen atoms in total. The minimum atomic E-state index is -0.240. The summed E-state index contributed by atoms with van der Waals surface area (Å²) < 4.78 is 10.6. The molecule has 0 saturated carbocycles. The molecule has 0 aliphatic heterocycles. The fourth-order valence-electron chi connectivity index (χ4n) is 3.18. The molecule has 160 valence electrons. The Morgan fingerprint density at radius 3 is 2.04 bits per heavy atom. The summed E-state index contributed by atoms with van der Waals surface area (Å²) in [6.07, 6.45) is 13.9. The number of unbranched alkanes of at least 4 members (excludes halogenated alkanes) is 9. The molecule has 1 atom stereocenters. The van der Waals surface area contributed by atoms with Crippen molar-refractivity contribution < 1.29 is 14.3 Å². The number of carbonyl (C=O) groups excluding carboxylic acids is 1. The zero-order chi connectivity index (χ0) is 20.5. The van der Waals surface area contributed by atoms with E-state index in [0.717, 1.165) is 23.7 Å². The molecule has 4 heteroatoms. The molecule has 0 aromatic heterocycles. The quantitative estimate of drug-likeness (QED) is 0.205. The van der Waals surface area contributed by atoms with Gasteiger partial charge in [0.25, 0.3) is 0 Å². The lowest BCUT2D eigenvalue weighted by Gasteiger charge is -2.11. The van der Waals surface area contributed by atoms with E-state index in [1.54, 1.807) is 0 Å². The lowest BCUT2D eigenvalue weighted by atomic mass is 10.0. The van der Waals surface area contributed by atoms with Crippen molar-refractivity contribution in [3.05, 3.63) is 29.8 Å². The summed E-state index contributed by atoms with van der Waals surface area (Å²) in [5, 5.41) is 0. The molecule has 0 aliphatic carbocycles. The lowest BCUT2D eigenvalue weighted by Crippen LogP contribution is -2.10. The largest absolute Gasteiger partial charge is 0.493 e. The molecule has 1 aromatic carbocycles. The monoisotopic (exact) mass is 408 g/mol. The summed E-state index contributed by atoms with van der Waals surface area (Å²) in [6.45, 7) is 4.86. The maximum Gasteiger partial charge on any atom is 0.312 e. The Hall–Kier alpha value is -1.16. The molecule has 0 heterocycles.